The molecule has 1 aliphatic heterocycles. The molecule has 0 saturated heterocycles. The van der Waals surface area contributed by atoms with E-state index < -0.39 is 17.8 Å². The molecule has 28 heavy (non-hydrogen) atoms. The Morgan fingerprint density at radius 3 is 2.75 bits per heavy atom. The number of carbonyl (C=O) groups excluding carboxylic acids is 1. The summed E-state index contributed by atoms with van der Waals surface area (Å²) in [5.41, 5.74) is 1.20. The van der Waals surface area contributed by atoms with E-state index in [9.17, 15) is 9.18 Å². The Bertz CT molecular complexity index is 849. The number of halogens is 1. The topological polar surface area (TPSA) is 81.9 Å². The third kappa shape index (κ3) is 4.37. The second-order valence-electron chi connectivity index (χ2n) is 6.94. The lowest BCUT2D eigenvalue weighted by atomic mass is 9.95. The fourth-order valence-electron chi connectivity index (χ4n) is 3.39. The molecule has 0 unspecified atom stereocenters. The molecule has 3 rings (SSSR count). The third-order valence-electron chi connectivity index (χ3n) is 4.86. The van der Waals surface area contributed by atoms with Crippen molar-refractivity contribution in [2.75, 3.05) is 11.9 Å². The van der Waals surface area contributed by atoms with Crippen LogP contribution in [0.2, 0.25) is 0 Å². The molecule has 1 aliphatic rings. The smallest absolute Gasteiger partial charge is 0.338 e. The zero-order chi connectivity index (χ0) is 19.9. The largest absolute Gasteiger partial charge is 0.462 e. The summed E-state index contributed by atoms with van der Waals surface area (Å²) in [5, 5.41) is 14.5. The van der Waals surface area contributed by atoms with Crippen LogP contribution in [0, 0.1) is 5.82 Å². The van der Waals surface area contributed by atoms with Crippen LogP contribution in [0.5, 0.6) is 0 Å². The van der Waals surface area contributed by atoms with Crippen molar-refractivity contribution in [2.24, 2.45) is 0 Å². The average Bonchev–Trinajstić information content (AvgIpc) is 3.14. The van der Waals surface area contributed by atoms with E-state index in [2.05, 4.69) is 27.8 Å². The number of aromatic nitrogens is 4. The molecule has 0 spiro atoms. The monoisotopic (exact) mass is 387 g/mol. The molecular formula is C20H26FN5O2. The van der Waals surface area contributed by atoms with Crippen molar-refractivity contribution < 1.29 is 13.9 Å². The summed E-state index contributed by atoms with van der Waals surface area (Å²) < 4.78 is 21.4. The summed E-state index contributed by atoms with van der Waals surface area (Å²) in [6, 6.07) is 5.54. The van der Waals surface area contributed by atoms with Gasteiger partial charge in [-0.3, -0.25) is 0 Å². The van der Waals surface area contributed by atoms with Crippen LogP contribution < -0.4 is 5.32 Å². The Morgan fingerprint density at radius 1 is 1.21 bits per heavy atom. The van der Waals surface area contributed by atoms with Crippen molar-refractivity contribution in [3.63, 3.8) is 0 Å². The van der Waals surface area contributed by atoms with Crippen molar-refractivity contribution in [3.8, 4) is 0 Å². The van der Waals surface area contributed by atoms with E-state index in [4.69, 9.17) is 4.74 Å². The number of nitrogens with one attached hydrogen (secondary N) is 1. The van der Waals surface area contributed by atoms with Crippen molar-refractivity contribution in [2.45, 2.75) is 58.4 Å². The first-order chi connectivity index (χ1) is 13.6. The average molecular weight is 387 g/mol. The lowest BCUT2D eigenvalue weighted by molar-refractivity contribution is -0.139. The van der Waals surface area contributed by atoms with Crippen LogP contribution in [0.25, 0.3) is 0 Å². The minimum atomic E-state index is -0.774. The molecule has 150 valence electrons. The Hall–Kier alpha value is -2.77. The van der Waals surface area contributed by atoms with Gasteiger partial charge in [-0.25, -0.2) is 9.18 Å². The molecule has 2 heterocycles. The molecule has 0 saturated carbocycles. The van der Waals surface area contributed by atoms with Crippen LogP contribution in [-0.4, -0.2) is 32.8 Å². The van der Waals surface area contributed by atoms with Gasteiger partial charge in [0.2, 0.25) is 5.95 Å². The zero-order valence-electron chi connectivity index (χ0n) is 16.3. The van der Waals surface area contributed by atoms with E-state index in [-0.39, 0.29) is 0 Å². The summed E-state index contributed by atoms with van der Waals surface area (Å²) in [6.07, 6.45) is 6.62. The Labute approximate surface area is 164 Å². The van der Waals surface area contributed by atoms with Crippen molar-refractivity contribution >= 4 is 11.9 Å². The lowest BCUT2D eigenvalue weighted by Gasteiger charge is -2.27. The lowest BCUT2D eigenvalue weighted by Crippen LogP contribution is -2.30. The van der Waals surface area contributed by atoms with E-state index in [0.29, 0.717) is 29.4 Å². The van der Waals surface area contributed by atoms with Crippen molar-refractivity contribution in [3.05, 3.63) is 46.9 Å². The van der Waals surface area contributed by atoms with Gasteiger partial charge in [-0.15, -0.1) is 0 Å². The van der Waals surface area contributed by atoms with Crippen LogP contribution in [0.15, 0.2) is 35.5 Å². The summed E-state index contributed by atoms with van der Waals surface area (Å²) in [7, 11) is 0. The zero-order valence-corrected chi connectivity index (χ0v) is 16.3. The number of carbonyl (C=O) groups is 1. The number of nitrogens with zero attached hydrogens (tertiary/aromatic N) is 4. The summed E-state index contributed by atoms with van der Waals surface area (Å²) in [4.78, 5) is 12.8. The van der Waals surface area contributed by atoms with Gasteiger partial charge < -0.3 is 10.1 Å². The number of hydrogen-bond acceptors (Lipinski definition) is 6. The van der Waals surface area contributed by atoms with Gasteiger partial charge in [0.25, 0.3) is 0 Å². The van der Waals surface area contributed by atoms with E-state index in [1.165, 1.54) is 30.0 Å². The van der Waals surface area contributed by atoms with Gasteiger partial charge in [-0.1, -0.05) is 62.3 Å². The quantitative estimate of drug-likeness (QED) is 0.517. The maximum absolute atomic E-state index is 14.5. The maximum Gasteiger partial charge on any atom is 0.338 e. The number of hydrogen-bond donors (Lipinski definition) is 1. The van der Waals surface area contributed by atoms with Gasteiger partial charge >= 0.3 is 5.97 Å². The summed E-state index contributed by atoms with van der Waals surface area (Å²) >= 11 is 0. The van der Waals surface area contributed by atoms with Crippen LogP contribution in [0.4, 0.5) is 10.3 Å². The number of fused-ring (bicyclic) bond motifs is 1. The number of esters is 1. The van der Waals surface area contributed by atoms with Crippen molar-refractivity contribution in [1.29, 1.82) is 0 Å². The predicted octanol–water partition coefficient (Wildman–Crippen LogP) is 4.00. The fraction of sp³-hybridized carbons (Fsp3) is 0.500. The maximum atomic E-state index is 14.5. The number of benzene rings is 1. The summed E-state index contributed by atoms with van der Waals surface area (Å²) in [6.45, 7) is 4.26. The molecule has 0 aliphatic carbocycles. The van der Waals surface area contributed by atoms with Gasteiger partial charge in [0.05, 0.1) is 12.2 Å². The first-order valence-corrected chi connectivity index (χ1v) is 9.80. The first-order valence-electron chi connectivity index (χ1n) is 9.80. The Balaban J connectivity index is 1.74. The van der Waals surface area contributed by atoms with E-state index in [1.807, 2.05) is 0 Å². The van der Waals surface area contributed by atoms with Gasteiger partial charge in [-0.2, -0.15) is 4.68 Å². The fourth-order valence-corrected chi connectivity index (χ4v) is 3.39. The molecule has 1 atom stereocenters. The minimum absolute atomic E-state index is 0.316. The van der Waals surface area contributed by atoms with E-state index in [1.54, 1.807) is 25.1 Å². The van der Waals surface area contributed by atoms with Crippen LogP contribution >= 0.6 is 0 Å². The van der Waals surface area contributed by atoms with E-state index >= 15 is 0 Å². The second-order valence-corrected chi connectivity index (χ2v) is 6.94. The van der Waals surface area contributed by atoms with Gasteiger partial charge in [-0.05, 0) is 29.8 Å². The SMILES string of the molecule is CCCCCCCCOC(=O)C1=C(C)Nc2nnnn2[C@H]1c1ccccc1F. The predicted molar refractivity (Wildman–Crippen MR) is 103 cm³/mol. The second kappa shape index (κ2) is 9.43. The molecule has 0 amide bonds. The molecule has 1 N–H and O–H groups in total. The molecule has 7 nitrogen and oxygen atoms in total. The van der Waals surface area contributed by atoms with E-state index in [0.717, 1.165) is 19.3 Å². The van der Waals surface area contributed by atoms with Crippen molar-refractivity contribution in [1.82, 2.24) is 20.2 Å². The highest BCUT2D eigenvalue weighted by atomic mass is 19.1. The number of allylic oxidation sites excluding steroid dienone is 1. The third-order valence-corrected chi connectivity index (χ3v) is 4.86. The molecule has 0 radical (unpaired) electrons. The number of rotatable bonds is 9. The molecule has 1 aromatic carbocycles. The van der Waals surface area contributed by atoms with Gasteiger partial charge in [0.15, 0.2) is 0 Å². The van der Waals surface area contributed by atoms with Crippen LogP contribution in [-0.2, 0) is 9.53 Å². The molecule has 8 heteroatoms. The first kappa shape index (κ1) is 20.0. The Kier molecular flexibility index (Phi) is 6.73. The van der Waals surface area contributed by atoms with Crippen LogP contribution in [0.1, 0.15) is 64.0 Å². The molecule has 1 aromatic heterocycles. The van der Waals surface area contributed by atoms with Gasteiger partial charge in [0.1, 0.15) is 11.9 Å². The number of unbranched alkanes of at least 4 members (excludes halogenated alkanes) is 5. The highest BCUT2D eigenvalue weighted by molar-refractivity contribution is 5.92. The highest BCUT2D eigenvalue weighted by Gasteiger charge is 2.36. The molecular weight excluding hydrogens is 361 g/mol. The molecule has 0 bridgehead atoms. The number of anilines is 1. The minimum Gasteiger partial charge on any atom is -0.462 e. The molecule has 2 aromatic rings. The van der Waals surface area contributed by atoms with Gasteiger partial charge in [0, 0.05) is 11.3 Å². The summed E-state index contributed by atoms with van der Waals surface area (Å²) in [5.74, 6) is -0.545. The number of tetrazole rings is 1. The normalized spacial score (nSPS) is 15.9. The Morgan fingerprint density at radius 2 is 1.96 bits per heavy atom. The number of ether oxygens (including phenoxy) is 1. The van der Waals surface area contributed by atoms with Crippen LogP contribution in [0.3, 0.4) is 0 Å². The highest BCUT2D eigenvalue weighted by Crippen LogP contribution is 2.35. The standard InChI is InChI=1S/C20H26FN5O2/c1-3-4-5-6-7-10-13-28-19(27)17-14(2)22-20-23-24-25-26(20)18(17)15-11-8-9-12-16(15)21/h8-9,11-12,18H,3-7,10,13H2,1-2H3,(H,22,23,25)/t18-/m0/s1. The molecule has 0 fully saturated rings.